The molecule has 5 heteroatoms. The van der Waals surface area contributed by atoms with Gasteiger partial charge in [-0.1, -0.05) is 11.6 Å². The highest BCUT2D eigenvalue weighted by Crippen LogP contribution is 2.31. The van der Waals surface area contributed by atoms with Crippen LogP contribution in [0.1, 0.15) is 17.8 Å². The molecule has 1 atom stereocenters. The van der Waals surface area contributed by atoms with E-state index in [0.29, 0.717) is 12.5 Å². The maximum atomic E-state index is 10.0. The molecule has 0 fully saturated rings. The molecule has 5 nitrogen and oxygen atoms in total. The fraction of sp³-hybridized carbons (Fsp3) is 0.429. The number of nitrogens with zero attached hydrogens (tertiary/aromatic N) is 3. The molecule has 1 aromatic heterocycles. The van der Waals surface area contributed by atoms with Crippen molar-refractivity contribution < 1.29 is 5.11 Å². The lowest BCUT2D eigenvalue weighted by Crippen LogP contribution is -2.26. The Labute approximate surface area is 112 Å². The molecular weight excluding hydrogens is 240 g/mol. The second kappa shape index (κ2) is 4.66. The summed E-state index contributed by atoms with van der Waals surface area (Å²) in [5.74, 6) is 2.44. The Bertz CT molecular complexity index is 605. The van der Waals surface area contributed by atoms with Crippen LogP contribution in [0.25, 0.3) is 11.4 Å². The lowest BCUT2D eigenvalue weighted by Gasteiger charge is -2.23. The first-order chi connectivity index (χ1) is 9.19. The molecule has 1 unspecified atom stereocenters. The van der Waals surface area contributed by atoms with E-state index >= 15 is 0 Å². The van der Waals surface area contributed by atoms with Gasteiger partial charge >= 0.3 is 0 Å². The fourth-order valence-electron chi connectivity index (χ4n) is 2.62. The molecule has 3 rings (SSSR count). The zero-order valence-electron chi connectivity index (χ0n) is 11.0. The van der Waals surface area contributed by atoms with Crippen molar-refractivity contribution >= 4 is 0 Å². The molecule has 0 aliphatic carbocycles. The van der Waals surface area contributed by atoms with Gasteiger partial charge in [-0.05, 0) is 37.9 Å². The summed E-state index contributed by atoms with van der Waals surface area (Å²) in [5.41, 5.74) is 7.61. The van der Waals surface area contributed by atoms with Crippen LogP contribution >= 0.6 is 0 Å². The molecule has 2 heterocycles. The predicted molar refractivity (Wildman–Crippen MR) is 72.7 cm³/mol. The van der Waals surface area contributed by atoms with Gasteiger partial charge in [0.2, 0.25) is 0 Å². The van der Waals surface area contributed by atoms with Crippen molar-refractivity contribution in [2.45, 2.75) is 26.3 Å². The molecule has 100 valence electrons. The van der Waals surface area contributed by atoms with Gasteiger partial charge in [0.15, 0.2) is 5.82 Å². The minimum Gasteiger partial charge on any atom is -0.507 e. The normalized spacial score (nSPS) is 18.3. The van der Waals surface area contributed by atoms with Crippen LogP contribution in [0.2, 0.25) is 0 Å². The number of phenolic OH excluding ortho intramolecular Hbond substituents is 1. The first kappa shape index (κ1) is 12.2. The molecule has 1 aliphatic heterocycles. The van der Waals surface area contributed by atoms with E-state index < -0.39 is 0 Å². The van der Waals surface area contributed by atoms with Crippen LogP contribution in [-0.2, 0) is 13.0 Å². The van der Waals surface area contributed by atoms with Crippen LogP contribution < -0.4 is 5.73 Å². The van der Waals surface area contributed by atoms with Crippen LogP contribution in [0.4, 0.5) is 0 Å². The summed E-state index contributed by atoms with van der Waals surface area (Å²) >= 11 is 0. The van der Waals surface area contributed by atoms with E-state index in [1.807, 2.05) is 19.1 Å². The lowest BCUT2D eigenvalue weighted by molar-refractivity contribution is 0.375. The van der Waals surface area contributed by atoms with Crippen LogP contribution in [0.3, 0.4) is 0 Å². The van der Waals surface area contributed by atoms with Crippen LogP contribution in [0.5, 0.6) is 5.75 Å². The van der Waals surface area contributed by atoms with Crippen molar-refractivity contribution in [3.8, 4) is 17.1 Å². The zero-order chi connectivity index (χ0) is 13.4. The number of benzene rings is 1. The van der Waals surface area contributed by atoms with E-state index in [0.717, 1.165) is 42.2 Å². The number of aromatic nitrogens is 3. The summed E-state index contributed by atoms with van der Waals surface area (Å²) in [7, 11) is 0. The van der Waals surface area contributed by atoms with Crippen molar-refractivity contribution in [3.63, 3.8) is 0 Å². The van der Waals surface area contributed by atoms with Gasteiger partial charge in [-0.25, -0.2) is 0 Å². The minimum absolute atomic E-state index is 0.246. The van der Waals surface area contributed by atoms with Gasteiger partial charge in [0.1, 0.15) is 11.6 Å². The van der Waals surface area contributed by atoms with Gasteiger partial charge in [0.05, 0.1) is 5.56 Å². The van der Waals surface area contributed by atoms with E-state index in [1.165, 1.54) is 0 Å². The topological polar surface area (TPSA) is 77.0 Å². The van der Waals surface area contributed by atoms with Gasteiger partial charge < -0.3 is 15.4 Å². The summed E-state index contributed by atoms with van der Waals surface area (Å²) in [6, 6.07) is 5.53. The maximum absolute atomic E-state index is 10.0. The average molecular weight is 258 g/mol. The molecule has 19 heavy (non-hydrogen) atoms. The lowest BCUT2D eigenvalue weighted by atomic mass is 9.99. The first-order valence-electron chi connectivity index (χ1n) is 6.61. The smallest absolute Gasteiger partial charge is 0.167 e. The molecule has 1 aliphatic rings. The molecule has 1 aromatic carbocycles. The molecule has 0 spiro atoms. The fourth-order valence-corrected chi connectivity index (χ4v) is 2.62. The minimum atomic E-state index is 0.246. The van der Waals surface area contributed by atoms with E-state index in [2.05, 4.69) is 14.8 Å². The Morgan fingerprint density at radius 1 is 1.42 bits per heavy atom. The standard InChI is InChI=1S/C14H18N4O/c1-9-2-4-12(19)11(6-9)14-17-16-13-5-3-10(7-15)8-18(13)14/h2,4,6,10,19H,3,5,7-8,15H2,1H3. The molecule has 0 saturated heterocycles. The van der Waals surface area contributed by atoms with Gasteiger partial charge in [-0.3, -0.25) is 0 Å². The number of aryl methyl sites for hydroxylation is 2. The summed E-state index contributed by atoms with van der Waals surface area (Å²) in [6.07, 6.45) is 1.97. The summed E-state index contributed by atoms with van der Waals surface area (Å²) in [6.45, 7) is 3.51. The largest absolute Gasteiger partial charge is 0.507 e. The molecule has 0 amide bonds. The van der Waals surface area contributed by atoms with Crippen LogP contribution in [0, 0.1) is 12.8 Å². The molecule has 3 N–H and O–H groups in total. The van der Waals surface area contributed by atoms with Crippen LogP contribution in [-0.4, -0.2) is 26.4 Å². The number of rotatable bonds is 2. The molecule has 0 bridgehead atoms. The van der Waals surface area contributed by atoms with Crippen molar-refractivity contribution in [2.24, 2.45) is 11.7 Å². The van der Waals surface area contributed by atoms with Crippen molar-refractivity contribution in [3.05, 3.63) is 29.6 Å². The first-order valence-corrected chi connectivity index (χ1v) is 6.61. The number of hydrogen-bond acceptors (Lipinski definition) is 4. The van der Waals surface area contributed by atoms with E-state index in [1.54, 1.807) is 6.07 Å². The number of nitrogens with two attached hydrogens (primary N) is 1. The Morgan fingerprint density at radius 2 is 2.26 bits per heavy atom. The third-order valence-corrected chi connectivity index (χ3v) is 3.77. The summed E-state index contributed by atoms with van der Waals surface area (Å²) in [5, 5.41) is 18.5. The van der Waals surface area contributed by atoms with Gasteiger partial charge in [0, 0.05) is 13.0 Å². The summed E-state index contributed by atoms with van der Waals surface area (Å²) < 4.78 is 2.09. The monoisotopic (exact) mass is 258 g/mol. The van der Waals surface area contributed by atoms with E-state index in [4.69, 9.17) is 5.73 Å². The second-order valence-electron chi connectivity index (χ2n) is 5.21. The SMILES string of the molecule is Cc1ccc(O)c(-c2nnc3n2CC(CN)CC3)c1. The quantitative estimate of drug-likeness (QED) is 0.855. The van der Waals surface area contributed by atoms with Crippen LogP contribution in [0.15, 0.2) is 18.2 Å². The Kier molecular flexibility index (Phi) is 2.98. The highest BCUT2D eigenvalue weighted by atomic mass is 16.3. The number of phenols is 1. The predicted octanol–water partition coefficient (Wildman–Crippen LogP) is 1.48. The van der Waals surface area contributed by atoms with E-state index in [9.17, 15) is 5.11 Å². The van der Waals surface area contributed by atoms with Gasteiger partial charge in [-0.15, -0.1) is 10.2 Å². The summed E-state index contributed by atoms with van der Waals surface area (Å²) in [4.78, 5) is 0. The van der Waals surface area contributed by atoms with Gasteiger partial charge in [0.25, 0.3) is 0 Å². The molecule has 0 saturated carbocycles. The third-order valence-electron chi connectivity index (χ3n) is 3.77. The van der Waals surface area contributed by atoms with Crippen molar-refractivity contribution in [1.82, 2.24) is 14.8 Å². The average Bonchev–Trinajstić information content (AvgIpc) is 2.84. The highest BCUT2D eigenvalue weighted by Gasteiger charge is 2.23. The van der Waals surface area contributed by atoms with E-state index in [-0.39, 0.29) is 5.75 Å². The highest BCUT2D eigenvalue weighted by molar-refractivity contribution is 5.65. The van der Waals surface area contributed by atoms with Crippen molar-refractivity contribution in [2.75, 3.05) is 6.54 Å². The number of fused-ring (bicyclic) bond motifs is 1. The van der Waals surface area contributed by atoms with Gasteiger partial charge in [-0.2, -0.15) is 0 Å². The zero-order valence-corrected chi connectivity index (χ0v) is 11.0. The number of aromatic hydroxyl groups is 1. The number of hydrogen-bond donors (Lipinski definition) is 2. The Hall–Kier alpha value is -1.88. The Morgan fingerprint density at radius 3 is 3.05 bits per heavy atom. The molecule has 2 aromatic rings. The molecule has 0 radical (unpaired) electrons. The third kappa shape index (κ3) is 2.10. The molecular formula is C14H18N4O. The second-order valence-corrected chi connectivity index (χ2v) is 5.21. The Balaban J connectivity index is 2.07. The van der Waals surface area contributed by atoms with Crippen molar-refractivity contribution in [1.29, 1.82) is 0 Å². The maximum Gasteiger partial charge on any atom is 0.167 e.